The summed E-state index contributed by atoms with van der Waals surface area (Å²) in [4.78, 5) is 32.3. The standard InChI is InChI=1S/C22H29N3O2/c1-15-6-8-19(9-7-15)14-24-10-5-11-25(13-12-24)22(27)21-16(2)20(18(4)26)17(3)23-21/h6-9,23H,5,10-14H2,1-4H3. The third kappa shape index (κ3) is 4.30. The highest BCUT2D eigenvalue weighted by atomic mass is 16.2. The summed E-state index contributed by atoms with van der Waals surface area (Å²) in [5, 5.41) is 0. The maximum Gasteiger partial charge on any atom is 0.270 e. The van der Waals surface area contributed by atoms with Crippen molar-refractivity contribution in [2.45, 2.75) is 40.7 Å². The van der Waals surface area contributed by atoms with E-state index in [1.165, 1.54) is 11.1 Å². The molecule has 0 spiro atoms. The molecule has 2 aromatic rings. The van der Waals surface area contributed by atoms with Gasteiger partial charge < -0.3 is 9.88 Å². The molecule has 0 unspecified atom stereocenters. The molecule has 1 aliphatic heterocycles. The van der Waals surface area contributed by atoms with Crippen LogP contribution >= 0.6 is 0 Å². The summed E-state index contributed by atoms with van der Waals surface area (Å²) in [6.07, 6.45) is 0.954. The number of nitrogens with zero attached hydrogens (tertiary/aromatic N) is 2. The smallest absolute Gasteiger partial charge is 0.270 e. The second-order valence-corrected chi connectivity index (χ2v) is 7.59. The number of rotatable bonds is 4. The number of Topliss-reactive ketones (excluding diaryl/α,β-unsaturated/α-hetero) is 1. The molecule has 0 saturated carbocycles. The van der Waals surface area contributed by atoms with Gasteiger partial charge >= 0.3 is 0 Å². The topological polar surface area (TPSA) is 56.4 Å². The molecule has 1 aromatic carbocycles. The van der Waals surface area contributed by atoms with Gasteiger partial charge in [0.25, 0.3) is 5.91 Å². The zero-order chi connectivity index (χ0) is 19.6. The number of ketones is 1. The Kier molecular flexibility index (Phi) is 5.80. The van der Waals surface area contributed by atoms with Crippen molar-refractivity contribution < 1.29 is 9.59 Å². The van der Waals surface area contributed by atoms with E-state index in [1.807, 2.05) is 18.7 Å². The van der Waals surface area contributed by atoms with E-state index in [1.54, 1.807) is 6.92 Å². The van der Waals surface area contributed by atoms with Crippen molar-refractivity contribution in [2.24, 2.45) is 0 Å². The number of hydrogen-bond donors (Lipinski definition) is 1. The number of carbonyl (C=O) groups is 2. The van der Waals surface area contributed by atoms with Crippen LogP contribution in [0.3, 0.4) is 0 Å². The lowest BCUT2D eigenvalue weighted by atomic mass is 10.1. The van der Waals surface area contributed by atoms with E-state index in [0.29, 0.717) is 17.8 Å². The molecule has 27 heavy (non-hydrogen) atoms. The molecule has 1 aromatic heterocycles. The molecule has 0 atom stereocenters. The van der Waals surface area contributed by atoms with E-state index >= 15 is 0 Å². The fraction of sp³-hybridized carbons (Fsp3) is 0.455. The average Bonchev–Trinajstić information content (AvgIpc) is 2.79. The second kappa shape index (κ2) is 8.09. The number of aromatic amines is 1. The highest BCUT2D eigenvalue weighted by Gasteiger charge is 2.25. The predicted molar refractivity (Wildman–Crippen MR) is 107 cm³/mol. The van der Waals surface area contributed by atoms with Crippen molar-refractivity contribution in [3.8, 4) is 0 Å². The maximum atomic E-state index is 13.0. The normalized spacial score (nSPS) is 15.6. The minimum Gasteiger partial charge on any atom is -0.354 e. The molecule has 2 heterocycles. The van der Waals surface area contributed by atoms with Crippen molar-refractivity contribution in [3.05, 3.63) is 57.9 Å². The van der Waals surface area contributed by atoms with E-state index in [9.17, 15) is 9.59 Å². The lowest BCUT2D eigenvalue weighted by Crippen LogP contribution is -2.35. The Morgan fingerprint density at radius 1 is 1.00 bits per heavy atom. The Morgan fingerprint density at radius 3 is 2.33 bits per heavy atom. The number of aryl methyl sites for hydroxylation is 2. The largest absolute Gasteiger partial charge is 0.354 e. The number of H-pyrrole nitrogens is 1. The Labute approximate surface area is 161 Å². The summed E-state index contributed by atoms with van der Waals surface area (Å²) in [7, 11) is 0. The van der Waals surface area contributed by atoms with Crippen LogP contribution in [0.4, 0.5) is 0 Å². The SMILES string of the molecule is CC(=O)c1c(C)[nH]c(C(=O)N2CCCN(Cc3ccc(C)cc3)CC2)c1C. The van der Waals surface area contributed by atoms with Gasteiger partial charge in [-0.1, -0.05) is 29.8 Å². The zero-order valence-electron chi connectivity index (χ0n) is 16.8. The third-order valence-electron chi connectivity index (χ3n) is 5.41. The number of amides is 1. The van der Waals surface area contributed by atoms with E-state index in [0.717, 1.165) is 43.9 Å². The van der Waals surface area contributed by atoms with Gasteiger partial charge in [0.15, 0.2) is 5.78 Å². The van der Waals surface area contributed by atoms with Gasteiger partial charge in [0.2, 0.25) is 0 Å². The first-order valence-corrected chi connectivity index (χ1v) is 9.64. The minimum absolute atomic E-state index is 0.000265. The summed E-state index contributed by atoms with van der Waals surface area (Å²) in [6, 6.07) is 8.65. The lowest BCUT2D eigenvalue weighted by Gasteiger charge is -2.22. The van der Waals surface area contributed by atoms with E-state index in [2.05, 4.69) is 41.1 Å². The first-order valence-electron chi connectivity index (χ1n) is 9.64. The van der Waals surface area contributed by atoms with E-state index in [4.69, 9.17) is 0 Å². The summed E-state index contributed by atoms with van der Waals surface area (Å²) < 4.78 is 0. The summed E-state index contributed by atoms with van der Waals surface area (Å²) in [5.41, 5.74) is 5.33. The number of aromatic nitrogens is 1. The van der Waals surface area contributed by atoms with Gasteiger partial charge in [0, 0.05) is 44.0 Å². The number of benzene rings is 1. The molecule has 1 saturated heterocycles. The van der Waals surface area contributed by atoms with Crippen molar-refractivity contribution in [1.82, 2.24) is 14.8 Å². The van der Waals surface area contributed by atoms with Crippen LogP contribution in [0.15, 0.2) is 24.3 Å². The van der Waals surface area contributed by atoms with Crippen molar-refractivity contribution in [1.29, 1.82) is 0 Å². The Hall–Kier alpha value is -2.40. The number of nitrogens with one attached hydrogen (secondary N) is 1. The van der Waals surface area contributed by atoms with E-state index in [-0.39, 0.29) is 11.7 Å². The second-order valence-electron chi connectivity index (χ2n) is 7.59. The molecule has 1 N–H and O–H groups in total. The zero-order valence-corrected chi connectivity index (χ0v) is 16.8. The van der Waals surface area contributed by atoms with Crippen molar-refractivity contribution >= 4 is 11.7 Å². The Morgan fingerprint density at radius 2 is 1.70 bits per heavy atom. The number of carbonyl (C=O) groups excluding carboxylic acids is 2. The summed E-state index contributed by atoms with van der Waals surface area (Å²) in [6.45, 7) is 11.6. The molecule has 1 amide bonds. The van der Waals surface area contributed by atoms with Crippen LogP contribution < -0.4 is 0 Å². The fourth-order valence-corrected chi connectivity index (χ4v) is 3.93. The summed E-state index contributed by atoms with van der Waals surface area (Å²) >= 11 is 0. The van der Waals surface area contributed by atoms with Gasteiger partial charge in [-0.15, -0.1) is 0 Å². The quantitative estimate of drug-likeness (QED) is 0.842. The molecular formula is C22H29N3O2. The molecule has 144 valence electrons. The van der Waals surface area contributed by atoms with Gasteiger partial charge in [0.05, 0.1) is 0 Å². The van der Waals surface area contributed by atoms with Crippen LogP contribution in [-0.2, 0) is 6.54 Å². The van der Waals surface area contributed by atoms with Gasteiger partial charge in [-0.3, -0.25) is 14.5 Å². The molecule has 1 fully saturated rings. The fourth-order valence-electron chi connectivity index (χ4n) is 3.93. The minimum atomic E-state index is 0.000265. The van der Waals surface area contributed by atoms with Crippen LogP contribution in [-0.4, -0.2) is 52.7 Å². The highest BCUT2D eigenvalue weighted by Crippen LogP contribution is 2.21. The molecular weight excluding hydrogens is 338 g/mol. The van der Waals surface area contributed by atoms with Crippen LogP contribution in [0.5, 0.6) is 0 Å². The Balaban J connectivity index is 1.67. The highest BCUT2D eigenvalue weighted by molar-refractivity contribution is 6.02. The first-order chi connectivity index (χ1) is 12.9. The van der Waals surface area contributed by atoms with Crippen molar-refractivity contribution in [2.75, 3.05) is 26.2 Å². The maximum absolute atomic E-state index is 13.0. The first kappa shape index (κ1) is 19.4. The molecule has 5 nitrogen and oxygen atoms in total. The monoisotopic (exact) mass is 367 g/mol. The Bertz CT molecular complexity index is 836. The number of hydrogen-bond acceptors (Lipinski definition) is 3. The third-order valence-corrected chi connectivity index (χ3v) is 5.41. The van der Waals surface area contributed by atoms with Crippen LogP contribution in [0, 0.1) is 20.8 Å². The van der Waals surface area contributed by atoms with Gasteiger partial charge in [-0.05, 0) is 45.2 Å². The molecule has 0 aliphatic carbocycles. The van der Waals surface area contributed by atoms with Gasteiger partial charge in [-0.25, -0.2) is 0 Å². The lowest BCUT2D eigenvalue weighted by molar-refractivity contribution is 0.0755. The van der Waals surface area contributed by atoms with Gasteiger partial charge in [0.1, 0.15) is 5.69 Å². The predicted octanol–water partition coefficient (Wildman–Crippen LogP) is 3.49. The molecule has 5 heteroatoms. The van der Waals surface area contributed by atoms with Gasteiger partial charge in [-0.2, -0.15) is 0 Å². The molecule has 3 rings (SSSR count). The van der Waals surface area contributed by atoms with E-state index < -0.39 is 0 Å². The average molecular weight is 367 g/mol. The summed E-state index contributed by atoms with van der Waals surface area (Å²) in [5.74, 6) is 0.000672. The molecule has 0 radical (unpaired) electrons. The van der Waals surface area contributed by atoms with Crippen molar-refractivity contribution in [3.63, 3.8) is 0 Å². The van der Waals surface area contributed by atoms with Crippen LogP contribution in [0.2, 0.25) is 0 Å². The molecule has 0 bridgehead atoms. The van der Waals surface area contributed by atoms with Crippen LogP contribution in [0.1, 0.15) is 56.6 Å². The van der Waals surface area contributed by atoms with Crippen LogP contribution in [0.25, 0.3) is 0 Å². The molecule has 1 aliphatic rings.